The molecule has 0 saturated carbocycles. The predicted molar refractivity (Wildman–Crippen MR) is 59.2 cm³/mol. The second kappa shape index (κ2) is 4.11. The van der Waals surface area contributed by atoms with Gasteiger partial charge in [-0.1, -0.05) is 11.6 Å². The van der Waals surface area contributed by atoms with Crippen LogP contribution >= 0.6 is 11.6 Å². The van der Waals surface area contributed by atoms with Gasteiger partial charge in [0, 0.05) is 5.69 Å². The van der Waals surface area contributed by atoms with E-state index in [2.05, 4.69) is 0 Å². The van der Waals surface area contributed by atoms with Gasteiger partial charge in [-0.3, -0.25) is 9.59 Å². The number of hydrogen-bond acceptors (Lipinski definition) is 4. The second-order valence-electron chi connectivity index (χ2n) is 3.33. The third-order valence-electron chi connectivity index (χ3n) is 2.16. The van der Waals surface area contributed by atoms with E-state index in [0.29, 0.717) is 16.4 Å². The molecule has 0 spiro atoms. The van der Waals surface area contributed by atoms with E-state index < -0.39 is 11.8 Å². The summed E-state index contributed by atoms with van der Waals surface area (Å²) >= 11 is 5.92. The van der Waals surface area contributed by atoms with Gasteiger partial charge in [-0.05, 0) is 18.2 Å². The zero-order valence-corrected chi connectivity index (χ0v) is 9.03. The van der Waals surface area contributed by atoms with Gasteiger partial charge in [0.05, 0.1) is 10.7 Å². The lowest BCUT2D eigenvalue weighted by molar-refractivity contribution is -0.138. The lowest BCUT2D eigenvalue weighted by Gasteiger charge is -2.25. The van der Waals surface area contributed by atoms with Gasteiger partial charge in [0.2, 0.25) is 0 Å². The molecule has 1 saturated heterocycles. The van der Waals surface area contributed by atoms with Gasteiger partial charge in [-0.15, -0.1) is 0 Å². The number of benzene rings is 1. The number of nitrogens with zero attached hydrogens (tertiary/aromatic N) is 1. The number of carbonyl (C=O) groups is 2. The van der Waals surface area contributed by atoms with Gasteiger partial charge in [0.25, 0.3) is 11.8 Å². The number of anilines is 2. The van der Waals surface area contributed by atoms with Crippen molar-refractivity contribution in [2.75, 3.05) is 23.8 Å². The van der Waals surface area contributed by atoms with Crippen molar-refractivity contribution >= 4 is 34.8 Å². The first-order valence-corrected chi connectivity index (χ1v) is 4.96. The molecule has 1 aromatic rings. The summed E-state index contributed by atoms with van der Waals surface area (Å²) in [6.07, 6.45) is 0. The highest BCUT2D eigenvalue weighted by molar-refractivity contribution is 6.35. The summed E-state index contributed by atoms with van der Waals surface area (Å²) in [6, 6.07) is 4.63. The van der Waals surface area contributed by atoms with Crippen molar-refractivity contribution in [2.24, 2.45) is 0 Å². The zero-order chi connectivity index (χ0) is 11.7. The number of hydrogen-bond donors (Lipinski definition) is 1. The summed E-state index contributed by atoms with van der Waals surface area (Å²) in [7, 11) is 0. The Balaban J connectivity index is 2.45. The van der Waals surface area contributed by atoms with Crippen LogP contribution in [0.5, 0.6) is 0 Å². The first-order valence-electron chi connectivity index (χ1n) is 4.58. The molecule has 5 nitrogen and oxygen atoms in total. The molecule has 0 bridgehead atoms. The standard InChI is InChI=1S/C10H9ClN2O3/c11-7-2-1-6(12)3-8(7)13-9(14)4-16-5-10(13)15/h1-3H,4-5,12H2. The smallest absolute Gasteiger partial charge is 0.259 e. The molecule has 6 heteroatoms. The number of amides is 2. The minimum atomic E-state index is -0.441. The topological polar surface area (TPSA) is 72.6 Å². The molecule has 0 radical (unpaired) electrons. The Morgan fingerprint density at radius 3 is 2.50 bits per heavy atom. The average Bonchev–Trinajstić information content (AvgIpc) is 2.23. The predicted octanol–water partition coefficient (Wildman–Crippen LogP) is 0.812. The number of halogens is 1. The van der Waals surface area contributed by atoms with Crippen molar-refractivity contribution in [3.05, 3.63) is 23.2 Å². The Labute approximate surface area is 96.7 Å². The van der Waals surface area contributed by atoms with Crippen LogP contribution in [0, 0.1) is 0 Å². The van der Waals surface area contributed by atoms with E-state index in [9.17, 15) is 9.59 Å². The molecule has 1 heterocycles. The van der Waals surface area contributed by atoms with E-state index in [1.54, 1.807) is 12.1 Å². The molecule has 0 aromatic heterocycles. The third kappa shape index (κ3) is 1.87. The number of nitrogen functional groups attached to an aromatic ring is 1. The number of morpholine rings is 1. The Bertz CT molecular complexity index is 445. The maximum absolute atomic E-state index is 11.5. The summed E-state index contributed by atoms with van der Waals surface area (Å²) in [4.78, 5) is 24.1. The SMILES string of the molecule is Nc1ccc(Cl)c(N2C(=O)COCC2=O)c1. The van der Waals surface area contributed by atoms with Gasteiger partial charge in [0.15, 0.2) is 0 Å². The number of carbonyl (C=O) groups excluding carboxylic acids is 2. The van der Waals surface area contributed by atoms with Crippen molar-refractivity contribution in [1.82, 2.24) is 0 Å². The Kier molecular flexibility index (Phi) is 2.80. The summed E-state index contributed by atoms with van der Waals surface area (Å²) in [5.74, 6) is -0.882. The summed E-state index contributed by atoms with van der Waals surface area (Å²) in [5.41, 5.74) is 6.33. The zero-order valence-electron chi connectivity index (χ0n) is 8.27. The molecule has 16 heavy (non-hydrogen) atoms. The van der Waals surface area contributed by atoms with Crippen LogP contribution in [-0.2, 0) is 14.3 Å². The lowest BCUT2D eigenvalue weighted by atomic mass is 10.2. The molecule has 0 aliphatic carbocycles. The lowest BCUT2D eigenvalue weighted by Crippen LogP contribution is -2.46. The first kappa shape index (κ1) is 10.9. The molecule has 0 atom stereocenters. The normalized spacial score (nSPS) is 16.7. The van der Waals surface area contributed by atoms with Crippen molar-refractivity contribution in [3.8, 4) is 0 Å². The Morgan fingerprint density at radius 2 is 1.88 bits per heavy atom. The molecule has 1 fully saturated rings. The fraction of sp³-hybridized carbons (Fsp3) is 0.200. The number of rotatable bonds is 1. The number of nitrogens with two attached hydrogens (primary N) is 1. The van der Waals surface area contributed by atoms with E-state index in [1.165, 1.54) is 6.07 Å². The summed E-state index contributed by atoms with van der Waals surface area (Å²) < 4.78 is 4.80. The largest absolute Gasteiger partial charge is 0.399 e. The molecule has 2 amide bonds. The monoisotopic (exact) mass is 240 g/mol. The second-order valence-corrected chi connectivity index (χ2v) is 3.73. The van der Waals surface area contributed by atoms with Crippen LogP contribution in [0.4, 0.5) is 11.4 Å². The van der Waals surface area contributed by atoms with Crippen molar-refractivity contribution in [1.29, 1.82) is 0 Å². The molecule has 1 aromatic carbocycles. The van der Waals surface area contributed by atoms with E-state index in [0.717, 1.165) is 4.90 Å². The van der Waals surface area contributed by atoms with Crippen molar-refractivity contribution < 1.29 is 14.3 Å². The maximum Gasteiger partial charge on any atom is 0.259 e. The number of ether oxygens (including phenoxy) is 1. The highest BCUT2D eigenvalue weighted by atomic mass is 35.5. The minimum Gasteiger partial charge on any atom is -0.399 e. The van der Waals surface area contributed by atoms with Crippen LogP contribution in [0.3, 0.4) is 0 Å². The summed E-state index contributed by atoms with van der Waals surface area (Å²) in [6.45, 7) is -0.256. The van der Waals surface area contributed by atoms with Gasteiger partial charge >= 0.3 is 0 Å². The van der Waals surface area contributed by atoms with Crippen molar-refractivity contribution in [3.63, 3.8) is 0 Å². The van der Waals surface area contributed by atoms with Crippen LogP contribution in [0.15, 0.2) is 18.2 Å². The maximum atomic E-state index is 11.5. The van der Waals surface area contributed by atoms with Crippen LogP contribution < -0.4 is 10.6 Å². The van der Waals surface area contributed by atoms with E-state index in [4.69, 9.17) is 22.1 Å². The van der Waals surface area contributed by atoms with Crippen LogP contribution in [-0.4, -0.2) is 25.0 Å². The third-order valence-corrected chi connectivity index (χ3v) is 2.48. The highest BCUT2D eigenvalue weighted by Gasteiger charge is 2.29. The Hall–Kier alpha value is -1.59. The molecule has 0 unspecified atom stereocenters. The van der Waals surface area contributed by atoms with Crippen LogP contribution in [0.25, 0.3) is 0 Å². The molecule has 84 valence electrons. The average molecular weight is 241 g/mol. The minimum absolute atomic E-state index is 0.128. The van der Waals surface area contributed by atoms with Gasteiger partial charge in [0.1, 0.15) is 13.2 Å². The van der Waals surface area contributed by atoms with Crippen LogP contribution in [0.2, 0.25) is 5.02 Å². The molecule has 2 rings (SSSR count). The molecule has 2 N–H and O–H groups in total. The summed E-state index contributed by atoms with van der Waals surface area (Å²) in [5, 5.41) is 0.304. The fourth-order valence-electron chi connectivity index (χ4n) is 1.46. The molecular formula is C10H9ClN2O3. The highest BCUT2D eigenvalue weighted by Crippen LogP contribution is 2.29. The van der Waals surface area contributed by atoms with Crippen molar-refractivity contribution in [2.45, 2.75) is 0 Å². The van der Waals surface area contributed by atoms with Crippen LogP contribution in [0.1, 0.15) is 0 Å². The van der Waals surface area contributed by atoms with Gasteiger partial charge in [-0.2, -0.15) is 0 Å². The van der Waals surface area contributed by atoms with E-state index in [-0.39, 0.29) is 13.2 Å². The van der Waals surface area contributed by atoms with E-state index >= 15 is 0 Å². The number of imide groups is 1. The molecule has 1 aliphatic heterocycles. The molecular weight excluding hydrogens is 232 g/mol. The fourth-order valence-corrected chi connectivity index (χ4v) is 1.67. The van der Waals surface area contributed by atoms with Gasteiger partial charge in [-0.25, -0.2) is 4.90 Å². The first-order chi connectivity index (χ1) is 7.59. The van der Waals surface area contributed by atoms with E-state index in [1.807, 2.05) is 0 Å². The quantitative estimate of drug-likeness (QED) is 0.583. The Morgan fingerprint density at radius 1 is 1.25 bits per heavy atom. The molecule has 1 aliphatic rings. The van der Waals surface area contributed by atoms with Gasteiger partial charge < -0.3 is 10.5 Å².